The van der Waals surface area contributed by atoms with E-state index in [4.69, 9.17) is 20.4 Å². The van der Waals surface area contributed by atoms with Crippen LogP contribution in [-0.4, -0.2) is 67.4 Å². The molecule has 1 saturated carbocycles. The first-order valence-electron chi connectivity index (χ1n) is 43.3. The Balaban J connectivity index is 0.000000161. The Morgan fingerprint density at radius 1 is 0.250 bits per heavy atom. The van der Waals surface area contributed by atoms with Gasteiger partial charge in [-0.2, -0.15) is 22.7 Å². The van der Waals surface area contributed by atoms with Crippen molar-refractivity contribution >= 4 is 177 Å². The number of carbonyl (C=O) groups excluding carboxylic acids is 4. The van der Waals surface area contributed by atoms with E-state index < -0.39 is 23.9 Å². The lowest BCUT2D eigenvalue weighted by molar-refractivity contribution is 0.0686. The molecule has 4 aromatic heterocycles. The molecular formula is C119H101FO12S4. The van der Waals surface area contributed by atoms with Gasteiger partial charge in [-0.25, -0.2) is 23.6 Å². The number of carbonyl (C=O) groups is 8. The first kappa shape index (κ1) is 102. The van der Waals surface area contributed by atoms with Gasteiger partial charge in [0.2, 0.25) is 0 Å². The summed E-state index contributed by atoms with van der Waals surface area (Å²) < 4.78 is 12.7. The van der Waals surface area contributed by atoms with E-state index in [1.807, 2.05) is 290 Å². The molecule has 0 unspecified atom stereocenters. The van der Waals surface area contributed by atoms with Crippen molar-refractivity contribution in [1.29, 1.82) is 0 Å². The Kier molecular flexibility index (Phi) is 40.7. The minimum Gasteiger partial charge on any atom is -0.478 e. The third-order valence-electron chi connectivity index (χ3n) is 20.6. The van der Waals surface area contributed by atoms with E-state index in [0.29, 0.717) is 39.7 Å². The molecule has 0 aliphatic heterocycles. The van der Waals surface area contributed by atoms with Crippen LogP contribution in [0.15, 0.2) is 366 Å². The van der Waals surface area contributed by atoms with Gasteiger partial charge < -0.3 is 20.4 Å². The number of aromatic carboxylic acids is 4. The van der Waals surface area contributed by atoms with Gasteiger partial charge in [-0.15, -0.1) is 22.7 Å². The van der Waals surface area contributed by atoms with Crippen LogP contribution in [0.2, 0.25) is 0 Å². The highest BCUT2D eigenvalue weighted by atomic mass is 32.1. The average molecular weight is 1870 g/mol. The van der Waals surface area contributed by atoms with E-state index in [1.54, 1.807) is 164 Å². The van der Waals surface area contributed by atoms with Gasteiger partial charge in [0.05, 0.1) is 22.3 Å². The van der Waals surface area contributed by atoms with Gasteiger partial charge in [-0.05, 0) is 291 Å². The van der Waals surface area contributed by atoms with Gasteiger partial charge in [0.25, 0.3) is 0 Å². The van der Waals surface area contributed by atoms with E-state index in [1.165, 1.54) is 51.2 Å². The molecule has 680 valence electrons. The Morgan fingerprint density at radius 3 is 0.794 bits per heavy atom. The molecule has 4 heterocycles. The van der Waals surface area contributed by atoms with Gasteiger partial charge in [0.1, 0.15) is 5.82 Å². The fourth-order valence-corrected chi connectivity index (χ4v) is 15.6. The predicted octanol–water partition coefficient (Wildman–Crippen LogP) is 31.6. The lowest BCUT2D eigenvalue weighted by Crippen LogP contribution is -1.95. The second-order valence-corrected chi connectivity index (χ2v) is 34.7. The van der Waals surface area contributed by atoms with Crippen molar-refractivity contribution in [3.8, 4) is 0 Å². The zero-order valence-corrected chi connectivity index (χ0v) is 79.0. The van der Waals surface area contributed by atoms with Crippen LogP contribution in [0, 0.1) is 19.7 Å². The third kappa shape index (κ3) is 36.3. The molecule has 16 aromatic rings. The molecule has 0 spiro atoms. The molecule has 136 heavy (non-hydrogen) atoms. The monoisotopic (exact) mass is 1870 g/mol. The van der Waals surface area contributed by atoms with E-state index in [2.05, 4.69) is 72.1 Å². The molecule has 0 saturated heterocycles. The summed E-state index contributed by atoms with van der Waals surface area (Å²) in [6, 6.07) is 104. The van der Waals surface area contributed by atoms with Crippen molar-refractivity contribution in [2.24, 2.45) is 0 Å². The normalized spacial score (nSPS) is 12.2. The number of thiophene rings is 4. The summed E-state index contributed by atoms with van der Waals surface area (Å²) >= 11 is 6.66. The minimum absolute atomic E-state index is 0.0482. The Hall–Kier alpha value is -15.9. The molecule has 0 radical (unpaired) electrons. The summed E-state index contributed by atoms with van der Waals surface area (Å²) in [5.74, 6) is -2.22. The number of hydrogen-bond acceptors (Lipinski definition) is 12. The van der Waals surface area contributed by atoms with Crippen molar-refractivity contribution in [3.05, 3.63) is 515 Å². The van der Waals surface area contributed by atoms with Gasteiger partial charge >= 0.3 is 23.9 Å². The van der Waals surface area contributed by atoms with Crippen LogP contribution in [0.5, 0.6) is 0 Å². The van der Waals surface area contributed by atoms with Gasteiger partial charge in [-0.1, -0.05) is 308 Å². The van der Waals surface area contributed by atoms with Crippen LogP contribution >= 0.6 is 45.3 Å². The standard InChI is InChI=1S/C17H16O.C16H13FO.2C16H14O2.2C14H12OS.2C13H10O2S/c1-12(18)14-8-5-9-15(10-14)17-11-16(17)13-6-3-2-4-7-13;1-12(18)15-4-2-3-14(11-15)6-5-13-7-9-16(17)10-8-13;2*1-12-5-7-13(8-6-12)9-10-14-3-2-4-15(11-14)16(17)18;1-11(15)13-5-2-4-12(10-13)7-8-14-6-3-9-16-14;1-11(15)14-4-2-3-12(9-14)5-6-13-7-8-16-10-13;14-13(15)11-4-1-3-10(9-11)6-7-12-5-2-8-16-12;14-13(15)12-3-1-2-10(8-12)4-5-11-6-7-16-9-11/h2-10,16-17H,11H2,1H3;2-11H,1H3;2*2-11H,1H3,(H,17,18);2*2-10H,1H3;2*1-9H,(H,14,15)/b;6-5-;2*10-9+;8-7-;6-5-;7-6+;5-4+/t16-,17+;;;;;;;/m1......./s1. The van der Waals surface area contributed by atoms with Crippen molar-refractivity contribution < 1.29 is 63.2 Å². The molecule has 4 N–H and O–H groups in total. The van der Waals surface area contributed by atoms with Gasteiger partial charge in [0.15, 0.2) is 23.1 Å². The molecule has 0 amide bonds. The highest BCUT2D eigenvalue weighted by Gasteiger charge is 2.39. The van der Waals surface area contributed by atoms with E-state index in [9.17, 15) is 42.7 Å². The number of ketones is 4. The fourth-order valence-electron chi connectivity index (χ4n) is 13.1. The smallest absolute Gasteiger partial charge is 0.335 e. The zero-order valence-electron chi connectivity index (χ0n) is 75.7. The summed E-state index contributed by atoms with van der Waals surface area (Å²) in [5.41, 5.74) is 21.5. The first-order chi connectivity index (χ1) is 65.7. The first-order valence-corrected chi connectivity index (χ1v) is 47.0. The molecule has 0 bridgehead atoms. The highest BCUT2D eigenvalue weighted by Crippen LogP contribution is 2.54. The van der Waals surface area contributed by atoms with Gasteiger partial charge in [-0.3, -0.25) is 19.2 Å². The molecule has 12 nitrogen and oxygen atoms in total. The summed E-state index contributed by atoms with van der Waals surface area (Å²) in [6.07, 6.45) is 28.7. The predicted molar refractivity (Wildman–Crippen MR) is 564 cm³/mol. The van der Waals surface area contributed by atoms with E-state index >= 15 is 0 Å². The van der Waals surface area contributed by atoms with Crippen LogP contribution in [0.4, 0.5) is 4.39 Å². The number of carboxylic acid groups (broad SMARTS) is 4. The maximum absolute atomic E-state index is 12.7. The maximum Gasteiger partial charge on any atom is 0.335 e. The number of Topliss-reactive ketones (excluding diaryl/α,β-unsaturated/α-hetero) is 4. The second-order valence-electron chi connectivity index (χ2n) is 31.2. The number of rotatable bonds is 24. The Labute approximate surface area is 809 Å². The van der Waals surface area contributed by atoms with E-state index in [-0.39, 0.29) is 29.0 Å². The molecule has 2 atom stereocenters. The number of halogens is 1. The van der Waals surface area contributed by atoms with Crippen molar-refractivity contribution in [2.45, 2.75) is 59.8 Å². The SMILES string of the molecule is CC(=O)c1cccc(/C=C\c2ccc(F)cc2)c1.CC(=O)c1cccc(/C=C\c2cccs2)c1.CC(=O)c1cccc(/C=C\c2ccsc2)c1.CC(=O)c1cccc([C@@H]2C[C@@H]2c2ccccc2)c1.Cc1ccc(/C=C/c2cccc(C(=O)O)c2)cc1.Cc1ccc(/C=C/c2cccc(C(=O)O)c2)cc1.O=C(O)c1cccc(/C=C/c2cccs2)c1.O=C(O)c1cccc(/C=C/c2ccsc2)c1. The number of hydrogen-bond donors (Lipinski definition) is 4. The summed E-state index contributed by atoms with van der Waals surface area (Å²) in [4.78, 5) is 90.6. The molecular weight excluding hydrogens is 1770 g/mol. The highest BCUT2D eigenvalue weighted by molar-refractivity contribution is 7.11. The average Bonchev–Trinajstić information content (AvgIpc) is 1.63. The van der Waals surface area contributed by atoms with Crippen molar-refractivity contribution in [1.82, 2.24) is 0 Å². The summed E-state index contributed by atoms with van der Waals surface area (Å²) in [5, 5.41) is 47.7. The van der Waals surface area contributed by atoms with E-state index in [0.717, 1.165) is 82.8 Å². The summed E-state index contributed by atoms with van der Waals surface area (Å²) in [6.45, 7) is 10.4. The number of benzene rings is 12. The van der Waals surface area contributed by atoms with Crippen molar-refractivity contribution in [2.75, 3.05) is 0 Å². The lowest BCUT2D eigenvalue weighted by atomic mass is 10.0. The molecule has 12 aromatic carbocycles. The molecule has 1 aliphatic rings. The Morgan fingerprint density at radius 2 is 0.507 bits per heavy atom. The van der Waals surface area contributed by atoms with Crippen LogP contribution in [0.25, 0.3) is 85.1 Å². The third-order valence-corrected chi connectivity index (χ3v) is 23.6. The van der Waals surface area contributed by atoms with Crippen LogP contribution < -0.4 is 0 Å². The lowest BCUT2D eigenvalue weighted by Gasteiger charge is -2.03. The quantitative estimate of drug-likeness (QED) is 0.0328. The van der Waals surface area contributed by atoms with Crippen molar-refractivity contribution in [3.63, 3.8) is 0 Å². The number of aryl methyl sites for hydroxylation is 2. The summed E-state index contributed by atoms with van der Waals surface area (Å²) in [7, 11) is 0. The molecule has 1 aliphatic carbocycles. The minimum atomic E-state index is -0.902. The molecule has 17 rings (SSSR count). The fraction of sp³-hybridized carbons (Fsp3) is 0.0756. The molecule has 1 fully saturated rings. The Bertz CT molecular complexity index is 6190. The van der Waals surface area contributed by atoms with Crippen LogP contribution in [0.1, 0.15) is 228 Å². The van der Waals surface area contributed by atoms with Crippen LogP contribution in [-0.2, 0) is 0 Å². The largest absolute Gasteiger partial charge is 0.478 e. The maximum atomic E-state index is 12.7. The molecule has 17 heteroatoms. The topological polar surface area (TPSA) is 217 Å². The van der Waals surface area contributed by atoms with Crippen LogP contribution in [0.3, 0.4) is 0 Å². The second kappa shape index (κ2) is 54.2. The van der Waals surface area contributed by atoms with Gasteiger partial charge in [0, 0.05) is 32.0 Å². The zero-order chi connectivity index (χ0) is 96.9. The number of carboxylic acids is 4.